The van der Waals surface area contributed by atoms with Crippen molar-refractivity contribution in [1.82, 2.24) is 21.3 Å². The first-order chi connectivity index (χ1) is 6.45. The van der Waals surface area contributed by atoms with Gasteiger partial charge < -0.3 is 10.2 Å². The topological polar surface area (TPSA) is 60.9 Å². The van der Waals surface area contributed by atoms with Crippen LogP contribution < -0.4 is 16.3 Å². The van der Waals surface area contributed by atoms with Gasteiger partial charge in [-0.1, -0.05) is 0 Å². The third-order valence-corrected chi connectivity index (χ3v) is 2.06. The third-order valence-electron chi connectivity index (χ3n) is 2.06. The molecular formula is C7H9N5O. The highest BCUT2D eigenvalue weighted by atomic mass is 16.5. The van der Waals surface area contributed by atoms with Crippen molar-refractivity contribution in [2.45, 2.75) is 0 Å². The van der Waals surface area contributed by atoms with Crippen molar-refractivity contribution < 1.29 is 4.74 Å². The van der Waals surface area contributed by atoms with Crippen LogP contribution in [0.1, 0.15) is 0 Å². The van der Waals surface area contributed by atoms with Gasteiger partial charge in [-0.3, -0.25) is 10.4 Å². The lowest BCUT2D eigenvalue weighted by Gasteiger charge is -2.26. The van der Waals surface area contributed by atoms with Crippen LogP contribution in [0.25, 0.3) is 0 Å². The standard InChI is InChI=1S/C7H9N5O/c1-2-13-5-3-10-12-4-9-11-7(12)6(5)8-1/h1,3,9-11H,2,4H2. The van der Waals surface area contributed by atoms with E-state index in [0.717, 1.165) is 17.3 Å². The molecular weight excluding hydrogens is 170 g/mol. The Morgan fingerprint density at radius 3 is 3.54 bits per heavy atom. The average Bonchev–Trinajstić information content (AvgIpc) is 2.65. The second-order valence-electron chi connectivity index (χ2n) is 2.85. The van der Waals surface area contributed by atoms with Crippen molar-refractivity contribution in [3.05, 3.63) is 23.5 Å². The first kappa shape index (κ1) is 6.79. The van der Waals surface area contributed by atoms with Gasteiger partial charge in [0.15, 0.2) is 11.6 Å². The Balaban J connectivity index is 2.09. The van der Waals surface area contributed by atoms with Crippen LogP contribution in [0.2, 0.25) is 0 Å². The highest BCUT2D eigenvalue weighted by Gasteiger charge is 2.27. The number of fused-ring (bicyclic) bond motifs is 2. The van der Waals surface area contributed by atoms with Gasteiger partial charge in [0.2, 0.25) is 0 Å². The molecule has 0 unspecified atom stereocenters. The second kappa shape index (κ2) is 2.40. The lowest BCUT2D eigenvalue weighted by atomic mass is 10.3. The number of hydrogen-bond donors (Lipinski definition) is 3. The first-order valence-corrected chi connectivity index (χ1v) is 4.08. The number of hydrazine groups is 2. The van der Waals surface area contributed by atoms with Crippen LogP contribution in [0.5, 0.6) is 0 Å². The third kappa shape index (κ3) is 0.888. The SMILES string of the molecule is C1=NC2=C3NNCN3NC=C2OC1. The molecule has 3 rings (SSSR count). The quantitative estimate of drug-likeness (QED) is 0.444. The van der Waals surface area contributed by atoms with Crippen LogP contribution in [-0.4, -0.2) is 24.5 Å². The van der Waals surface area contributed by atoms with Gasteiger partial charge in [-0.15, -0.1) is 0 Å². The summed E-state index contributed by atoms with van der Waals surface area (Å²) in [4.78, 5) is 4.27. The predicted molar refractivity (Wildman–Crippen MR) is 45.7 cm³/mol. The van der Waals surface area contributed by atoms with E-state index in [1.807, 2.05) is 11.2 Å². The van der Waals surface area contributed by atoms with Gasteiger partial charge in [-0.2, -0.15) is 0 Å². The van der Waals surface area contributed by atoms with E-state index >= 15 is 0 Å². The summed E-state index contributed by atoms with van der Waals surface area (Å²) < 4.78 is 5.39. The molecule has 3 aliphatic heterocycles. The van der Waals surface area contributed by atoms with E-state index in [-0.39, 0.29) is 0 Å². The summed E-state index contributed by atoms with van der Waals surface area (Å²) in [7, 11) is 0. The van der Waals surface area contributed by atoms with E-state index < -0.39 is 0 Å². The second-order valence-corrected chi connectivity index (χ2v) is 2.85. The van der Waals surface area contributed by atoms with Crippen LogP contribution in [0, 0.1) is 0 Å². The zero-order chi connectivity index (χ0) is 8.67. The lowest BCUT2D eigenvalue weighted by Crippen LogP contribution is -2.36. The molecule has 3 aliphatic rings. The highest BCUT2D eigenvalue weighted by Crippen LogP contribution is 2.24. The number of ether oxygens (including phenoxy) is 1. The molecule has 6 heteroatoms. The molecule has 68 valence electrons. The van der Waals surface area contributed by atoms with Crippen molar-refractivity contribution in [1.29, 1.82) is 0 Å². The van der Waals surface area contributed by atoms with Crippen molar-refractivity contribution in [3.63, 3.8) is 0 Å². The van der Waals surface area contributed by atoms with Gasteiger partial charge in [-0.05, 0) is 0 Å². The summed E-state index contributed by atoms with van der Waals surface area (Å²) in [6, 6.07) is 0. The fraction of sp³-hybridized carbons (Fsp3) is 0.286. The molecule has 6 nitrogen and oxygen atoms in total. The van der Waals surface area contributed by atoms with E-state index in [1.54, 1.807) is 6.21 Å². The summed E-state index contributed by atoms with van der Waals surface area (Å²) >= 11 is 0. The van der Waals surface area contributed by atoms with Crippen LogP contribution in [0.15, 0.2) is 28.5 Å². The minimum Gasteiger partial charge on any atom is -0.484 e. The van der Waals surface area contributed by atoms with Crippen LogP contribution in [0.3, 0.4) is 0 Å². The molecule has 3 heterocycles. The van der Waals surface area contributed by atoms with Gasteiger partial charge >= 0.3 is 0 Å². The maximum Gasteiger partial charge on any atom is 0.166 e. The highest BCUT2D eigenvalue weighted by molar-refractivity contribution is 5.64. The normalized spacial score (nSPS) is 24.0. The summed E-state index contributed by atoms with van der Waals surface area (Å²) in [6.07, 6.45) is 3.56. The molecule has 1 saturated heterocycles. The zero-order valence-corrected chi connectivity index (χ0v) is 6.87. The summed E-state index contributed by atoms with van der Waals surface area (Å²) in [5.41, 5.74) is 9.92. The summed E-state index contributed by atoms with van der Waals surface area (Å²) in [5.74, 6) is 1.69. The first-order valence-electron chi connectivity index (χ1n) is 4.08. The van der Waals surface area contributed by atoms with Gasteiger partial charge in [-0.25, -0.2) is 10.4 Å². The Bertz CT molecular complexity index is 332. The molecule has 0 aliphatic carbocycles. The molecule has 0 spiro atoms. The zero-order valence-electron chi connectivity index (χ0n) is 6.87. The molecule has 3 N–H and O–H groups in total. The summed E-state index contributed by atoms with van der Waals surface area (Å²) in [5, 5.41) is 1.92. The van der Waals surface area contributed by atoms with Crippen LogP contribution in [0.4, 0.5) is 0 Å². The Morgan fingerprint density at radius 2 is 2.54 bits per heavy atom. The number of rotatable bonds is 0. The fourth-order valence-corrected chi connectivity index (χ4v) is 1.46. The minimum absolute atomic E-state index is 0.539. The predicted octanol–water partition coefficient (Wildman–Crippen LogP) is -1.02. The maximum atomic E-state index is 5.39. The lowest BCUT2D eigenvalue weighted by molar-refractivity contribution is 0.230. The minimum atomic E-state index is 0.539. The molecule has 0 saturated carbocycles. The smallest absolute Gasteiger partial charge is 0.166 e. The van der Waals surface area contributed by atoms with E-state index in [0.29, 0.717) is 13.3 Å². The van der Waals surface area contributed by atoms with Gasteiger partial charge in [0, 0.05) is 6.21 Å². The van der Waals surface area contributed by atoms with E-state index in [1.165, 1.54) is 0 Å². The number of nitrogens with zero attached hydrogens (tertiary/aromatic N) is 2. The van der Waals surface area contributed by atoms with Crippen molar-refractivity contribution in [3.8, 4) is 0 Å². The molecule has 0 aromatic heterocycles. The Morgan fingerprint density at radius 1 is 1.54 bits per heavy atom. The van der Waals surface area contributed by atoms with E-state index in [4.69, 9.17) is 4.74 Å². The molecule has 0 aromatic carbocycles. The van der Waals surface area contributed by atoms with Gasteiger partial charge in [0.1, 0.15) is 19.0 Å². The van der Waals surface area contributed by atoms with Crippen LogP contribution in [-0.2, 0) is 4.74 Å². The monoisotopic (exact) mass is 179 g/mol. The van der Waals surface area contributed by atoms with Gasteiger partial charge in [0.05, 0.1) is 6.20 Å². The molecule has 1 fully saturated rings. The Kier molecular flexibility index (Phi) is 1.25. The molecule has 0 aromatic rings. The number of hydrogen-bond acceptors (Lipinski definition) is 6. The van der Waals surface area contributed by atoms with E-state index in [9.17, 15) is 0 Å². The Hall–Kier alpha value is -1.69. The number of aliphatic imine (C=N–C) groups is 1. The van der Waals surface area contributed by atoms with Crippen molar-refractivity contribution in [2.24, 2.45) is 4.99 Å². The van der Waals surface area contributed by atoms with E-state index in [2.05, 4.69) is 21.3 Å². The summed E-state index contributed by atoms with van der Waals surface area (Å²) in [6.45, 7) is 1.25. The Labute approximate surface area is 74.9 Å². The average molecular weight is 179 g/mol. The molecule has 0 atom stereocenters. The molecule has 0 bridgehead atoms. The largest absolute Gasteiger partial charge is 0.484 e. The van der Waals surface area contributed by atoms with Crippen molar-refractivity contribution in [2.75, 3.05) is 13.3 Å². The number of nitrogens with one attached hydrogen (secondary N) is 3. The van der Waals surface area contributed by atoms with Crippen LogP contribution >= 0.6 is 0 Å². The van der Waals surface area contributed by atoms with Crippen molar-refractivity contribution >= 4 is 6.21 Å². The molecule has 0 radical (unpaired) electrons. The molecule has 0 amide bonds. The maximum absolute atomic E-state index is 5.39. The van der Waals surface area contributed by atoms with Gasteiger partial charge in [0.25, 0.3) is 0 Å². The fourth-order valence-electron chi connectivity index (χ4n) is 1.46. The molecule has 13 heavy (non-hydrogen) atoms.